The molecule has 0 unspecified atom stereocenters. The molecule has 0 atom stereocenters. The highest BCUT2D eigenvalue weighted by atomic mass is 15.3. The average Bonchev–Trinajstić information content (AvgIpc) is 2.89. The minimum atomic E-state index is 0.800. The van der Waals surface area contributed by atoms with Crippen molar-refractivity contribution in [3.63, 3.8) is 0 Å². The summed E-state index contributed by atoms with van der Waals surface area (Å²) < 4.78 is 1.92. The van der Waals surface area contributed by atoms with Crippen molar-refractivity contribution >= 4 is 11.6 Å². The van der Waals surface area contributed by atoms with Crippen molar-refractivity contribution in [3.8, 4) is 0 Å². The van der Waals surface area contributed by atoms with Gasteiger partial charge in [0.2, 0.25) is 0 Å². The summed E-state index contributed by atoms with van der Waals surface area (Å²) in [6.07, 6.45) is 8.20. The van der Waals surface area contributed by atoms with Gasteiger partial charge in [0.05, 0.1) is 12.4 Å². The standard InChI is InChI=1S/C12H18N6/c1-2-14-11-9-13-10-12(17-11)15-5-3-7-18-8-4-6-16-18/h4,6,8-10H,2-3,5,7H2,1H3,(H2,14,15,17). The molecule has 0 radical (unpaired) electrons. The Morgan fingerprint density at radius 3 is 2.78 bits per heavy atom. The second-order valence-electron chi connectivity index (χ2n) is 3.87. The summed E-state index contributed by atoms with van der Waals surface area (Å²) in [5.41, 5.74) is 0. The highest BCUT2D eigenvalue weighted by Gasteiger charge is 1.97. The van der Waals surface area contributed by atoms with Crippen molar-refractivity contribution in [3.05, 3.63) is 30.9 Å². The number of aromatic nitrogens is 4. The molecular weight excluding hydrogens is 228 g/mol. The van der Waals surface area contributed by atoms with E-state index < -0.39 is 0 Å². The second-order valence-corrected chi connectivity index (χ2v) is 3.87. The highest BCUT2D eigenvalue weighted by molar-refractivity contribution is 5.41. The summed E-state index contributed by atoms with van der Waals surface area (Å²) in [4.78, 5) is 8.52. The number of anilines is 2. The average molecular weight is 246 g/mol. The van der Waals surface area contributed by atoms with Gasteiger partial charge in [0.1, 0.15) is 11.6 Å². The minimum Gasteiger partial charge on any atom is -0.369 e. The van der Waals surface area contributed by atoms with E-state index in [-0.39, 0.29) is 0 Å². The first kappa shape index (κ1) is 12.3. The third kappa shape index (κ3) is 3.73. The largest absolute Gasteiger partial charge is 0.369 e. The van der Waals surface area contributed by atoms with E-state index in [1.807, 2.05) is 23.9 Å². The molecule has 0 aliphatic carbocycles. The van der Waals surface area contributed by atoms with Crippen LogP contribution in [0.25, 0.3) is 0 Å². The normalized spacial score (nSPS) is 10.3. The molecule has 0 aromatic carbocycles. The van der Waals surface area contributed by atoms with Crippen LogP contribution in [0.1, 0.15) is 13.3 Å². The number of hydrogen-bond acceptors (Lipinski definition) is 5. The molecule has 2 heterocycles. The molecule has 2 aromatic rings. The van der Waals surface area contributed by atoms with E-state index in [0.717, 1.165) is 37.7 Å². The zero-order valence-electron chi connectivity index (χ0n) is 10.5. The number of nitrogens with one attached hydrogen (secondary N) is 2. The van der Waals surface area contributed by atoms with Crippen molar-refractivity contribution in [2.75, 3.05) is 23.7 Å². The van der Waals surface area contributed by atoms with E-state index in [0.29, 0.717) is 0 Å². The fourth-order valence-electron chi connectivity index (χ4n) is 1.61. The van der Waals surface area contributed by atoms with Gasteiger partial charge in [-0.15, -0.1) is 0 Å². The Kier molecular flexibility index (Phi) is 4.52. The van der Waals surface area contributed by atoms with Gasteiger partial charge in [-0.3, -0.25) is 9.67 Å². The van der Waals surface area contributed by atoms with E-state index in [1.165, 1.54) is 0 Å². The van der Waals surface area contributed by atoms with Crippen molar-refractivity contribution in [2.24, 2.45) is 0 Å². The van der Waals surface area contributed by atoms with Crippen LogP contribution in [-0.4, -0.2) is 32.8 Å². The van der Waals surface area contributed by atoms with E-state index >= 15 is 0 Å². The van der Waals surface area contributed by atoms with Gasteiger partial charge >= 0.3 is 0 Å². The van der Waals surface area contributed by atoms with E-state index in [2.05, 4.69) is 25.7 Å². The van der Waals surface area contributed by atoms with Crippen molar-refractivity contribution in [1.82, 2.24) is 19.7 Å². The molecule has 18 heavy (non-hydrogen) atoms. The van der Waals surface area contributed by atoms with Crippen LogP contribution in [0.3, 0.4) is 0 Å². The predicted octanol–water partition coefficient (Wildman–Crippen LogP) is 1.61. The molecule has 0 saturated heterocycles. The number of aryl methyl sites for hydroxylation is 1. The summed E-state index contributed by atoms with van der Waals surface area (Å²) in [7, 11) is 0. The summed E-state index contributed by atoms with van der Waals surface area (Å²) >= 11 is 0. The first-order valence-electron chi connectivity index (χ1n) is 6.15. The zero-order chi connectivity index (χ0) is 12.6. The topological polar surface area (TPSA) is 67.7 Å². The maximum absolute atomic E-state index is 4.39. The lowest BCUT2D eigenvalue weighted by atomic mass is 10.4. The molecule has 0 spiro atoms. The molecule has 0 amide bonds. The number of hydrogen-bond donors (Lipinski definition) is 2. The highest BCUT2D eigenvalue weighted by Crippen LogP contribution is 2.06. The van der Waals surface area contributed by atoms with Crippen LogP contribution in [0, 0.1) is 0 Å². The maximum atomic E-state index is 4.39. The van der Waals surface area contributed by atoms with Gasteiger partial charge in [-0.1, -0.05) is 0 Å². The molecule has 2 N–H and O–H groups in total. The van der Waals surface area contributed by atoms with Gasteiger partial charge < -0.3 is 10.6 Å². The Labute approximate surface area is 106 Å². The molecule has 2 rings (SSSR count). The van der Waals surface area contributed by atoms with E-state index in [1.54, 1.807) is 18.6 Å². The van der Waals surface area contributed by atoms with Crippen LogP contribution in [0.5, 0.6) is 0 Å². The van der Waals surface area contributed by atoms with Gasteiger partial charge in [0.25, 0.3) is 0 Å². The maximum Gasteiger partial charge on any atom is 0.146 e. The summed E-state index contributed by atoms with van der Waals surface area (Å²) in [6, 6.07) is 1.93. The van der Waals surface area contributed by atoms with Crippen LogP contribution in [0.4, 0.5) is 11.6 Å². The Hall–Kier alpha value is -2.11. The minimum absolute atomic E-state index is 0.800. The van der Waals surface area contributed by atoms with Gasteiger partial charge in [-0.2, -0.15) is 5.10 Å². The van der Waals surface area contributed by atoms with Gasteiger partial charge in [0.15, 0.2) is 0 Å². The third-order valence-corrected chi connectivity index (χ3v) is 2.42. The van der Waals surface area contributed by atoms with E-state index in [9.17, 15) is 0 Å². The molecule has 96 valence electrons. The van der Waals surface area contributed by atoms with E-state index in [4.69, 9.17) is 0 Å². The molecule has 0 bridgehead atoms. The fraction of sp³-hybridized carbons (Fsp3) is 0.417. The second kappa shape index (κ2) is 6.58. The number of rotatable bonds is 7. The molecule has 0 fully saturated rings. The van der Waals surface area contributed by atoms with Crippen LogP contribution < -0.4 is 10.6 Å². The first-order chi connectivity index (χ1) is 8.88. The lowest BCUT2D eigenvalue weighted by Gasteiger charge is -2.07. The van der Waals surface area contributed by atoms with Crippen LogP contribution in [0.15, 0.2) is 30.9 Å². The van der Waals surface area contributed by atoms with Crippen molar-refractivity contribution in [1.29, 1.82) is 0 Å². The Balaban J connectivity index is 1.74. The molecular formula is C12H18N6. The fourth-order valence-corrected chi connectivity index (χ4v) is 1.61. The van der Waals surface area contributed by atoms with Crippen LogP contribution in [-0.2, 0) is 6.54 Å². The molecule has 6 heteroatoms. The summed E-state index contributed by atoms with van der Waals surface area (Å²) in [5, 5.41) is 10.5. The Bertz CT molecular complexity index is 453. The van der Waals surface area contributed by atoms with Crippen molar-refractivity contribution < 1.29 is 0 Å². The quantitative estimate of drug-likeness (QED) is 0.726. The van der Waals surface area contributed by atoms with Gasteiger partial charge in [-0.05, 0) is 19.4 Å². The van der Waals surface area contributed by atoms with Crippen LogP contribution in [0.2, 0.25) is 0 Å². The lowest BCUT2D eigenvalue weighted by molar-refractivity contribution is 0.591. The van der Waals surface area contributed by atoms with Crippen LogP contribution >= 0.6 is 0 Å². The van der Waals surface area contributed by atoms with Crippen molar-refractivity contribution in [2.45, 2.75) is 19.9 Å². The molecule has 0 saturated carbocycles. The smallest absolute Gasteiger partial charge is 0.146 e. The molecule has 2 aromatic heterocycles. The summed E-state index contributed by atoms with van der Waals surface area (Å²) in [6.45, 7) is 4.63. The monoisotopic (exact) mass is 246 g/mol. The third-order valence-electron chi connectivity index (χ3n) is 2.42. The zero-order valence-corrected chi connectivity index (χ0v) is 10.5. The predicted molar refractivity (Wildman–Crippen MR) is 71.5 cm³/mol. The summed E-state index contributed by atoms with van der Waals surface area (Å²) in [5.74, 6) is 1.60. The molecule has 0 aliphatic heterocycles. The molecule has 6 nitrogen and oxygen atoms in total. The number of nitrogens with zero attached hydrogens (tertiary/aromatic N) is 4. The molecule has 0 aliphatic rings. The SMILES string of the molecule is CCNc1cncc(NCCCn2cccn2)n1. The Morgan fingerprint density at radius 1 is 1.22 bits per heavy atom. The Morgan fingerprint density at radius 2 is 2.06 bits per heavy atom. The van der Waals surface area contributed by atoms with Gasteiger partial charge in [-0.25, -0.2) is 4.98 Å². The first-order valence-corrected chi connectivity index (χ1v) is 6.15. The lowest BCUT2D eigenvalue weighted by Crippen LogP contribution is -2.09. The van der Waals surface area contributed by atoms with Gasteiger partial charge in [0, 0.05) is 32.0 Å².